The molecule has 1 aliphatic carbocycles. The Morgan fingerprint density at radius 2 is 1.91 bits per heavy atom. The van der Waals surface area contributed by atoms with Crippen molar-refractivity contribution in [1.82, 2.24) is 4.57 Å². The molecular weight excluding hydrogens is 290 g/mol. The second-order valence-corrected chi connectivity index (χ2v) is 5.64. The number of rotatable bonds is 3. The molecule has 23 heavy (non-hydrogen) atoms. The first-order chi connectivity index (χ1) is 11.1. The number of methoxy groups -OCH3 is 1. The van der Waals surface area contributed by atoms with Crippen LogP contribution in [0.4, 0.5) is 0 Å². The van der Waals surface area contributed by atoms with E-state index in [0.29, 0.717) is 5.75 Å². The van der Waals surface area contributed by atoms with Crippen LogP contribution in [0.1, 0.15) is 24.1 Å². The van der Waals surface area contributed by atoms with Crippen LogP contribution in [-0.2, 0) is 11.8 Å². The van der Waals surface area contributed by atoms with Gasteiger partial charge in [0.2, 0.25) is 0 Å². The van der Waals surface area contributed by atoms with Gasteiger partial charge in [0.1, 0.15) is 0 Å². The number of carbonyl (C=O) groups is 1. The average molecular weight is 309 g/mol. The number of aryl methyl sites for hydroxylation is 1. The van der Waals surface area contributed by atoms with E-state index in [1.165, 1.54) is 7.11 Å². The molecule has 0 radical (unpaired) electrons. The van der Waals surface area contributed by atoms with Crippen LogP contribution < -0.4 is 4.74 Å². The van der Waals surface area contributed by atoms with Gasteiger partial charge in [0.05, 0.1) is 7.11 Å². The fourth-order valence-electron chi connectivity index (χ4n) is 2.77. The van der Waals surface area contributed by atoms with Crippen LogP contribution in [0.2, 0.25) is 0 Å². The number of hydrogen-bond donors (Lipinski definition) is 1. The molecule has 1 N–H and O–H groups in total. The van der Waals surface area contributed by atoms with Gasteiger partial charge >= 0.3 is 0 Å². The summed E-state index contributed by atoms with van der Waals surface area (Å²) in [5.41, 5.74) is 3.51. The molecule has 2 aromatic rings. The lowest BCUT2D eigenvalue weighted by Gasteiger charge is -2.04. The zero-order valence-electron chi connectivity index (χ0n) is 13.2. The molecule has 1 aromatic carbocycles. The first-order valence-electron chi connectivity index (χ1n) is 7.52. The topological polar surface area (TPSA) is 51.5 Å². The zero-order chi connectivity index (χ0) is 16.4. The number of aromatic hydroxyl groups is 1. The Kier molecular flexibility index (Phi) is 4.06. The number of Topliss-reactive ketones (excluding diaryl/α,β-unsaturated/α-hetero) is 1. The van der Waals surface area contributed by atoms with Gasteiger partial charge in [0, 0.05) is 30.1 Å². The number of phenolic OH excluding ortho intramolecular Hbond substituents is 1. The van der Waals surface area contributed by atoms with Gasteiger partial charge in [0.25, 0.3) is 0 Å². The number of benzene rings is 1. The molecule has 0 atom stereocenters. The highest BCUT2D eigenvalue weighted by molar-refractivity contribution is 6.15. The minimum Gasteiger partial charge on any atom is -0.504 e. The SMILES string of the molecule is COc1cc(/C=C2\CC/C(=C\c3cccn3C)C2=O)ccc1O. The Morgan fingerprint density at radius 1 is 1.17 bits per heavy atom. The van der Waals surface area contributed by atoms with Gasteiger partial charge in [-0.1, -0.05) is 6.07 Å². The summed E-state index contributed by atoms with van der Waals surface area (Å²) in [5, 5.41) is 9.64. The van der Waals surface area contributed by atoms with Crippen molar-refractivity contribution in [2.24, 2.45) is 7.05 Å². The minimum atomic E-state index is 0.0942. The fourth-order valence-corrected chi connectivity index (χ4v) is 2.77. The van der Waals surface area contributed by atoms with Gasteiger partial charge in [-0.15, -0.1) is 0 Å². The number of hydrogen-bond acceptors (Lipinski definition) is 3. The van der Waals surface area contributed by atoms with Crippen molar-refractivity contribution in [3.05, 3.63) is 58.9 Å². The largest absolute Gasteiger partial charge is 0.504 e. The third kappa shape index (κ3) is 3.06. The molecular formula is C19H19NO3. The molecule has 4 nitrogen and oxygen atoms in total. The number of ketones is 1. The molecule has 1 aliphatic rings. The predicted octanol–water partition coefficient (Wildman–Crippen LogP) is 3.57. The van der Waals surface area contributed by atoms with Crippen LogP contribution in [0.5, 0.6) is 11.5 Å². The van der Waals surface area contributed by atoms with E-state index in [4.69, 9.17) is 4.74 Å². The second kappa shape index (κ2) is 6.16. The summed E-state index contributed by atoms with van der Waals surface area (Å²) in [4.78, 5) is 12.5. The van der Waals surface area contributed by atoms with Gasteiger partial charge in [-0.25, -0.2) is 0 Å². The standard InChI is InChI=1S/C19H19NO3/c1-20-9-3-4-16(20)12-15-7-6-14(19(15)22)10-13-5-8-17(21)18(11-13)23-2/h3-5,8-12,21H,6-7H2,1-2H3/b14-10+,15-12+. The van der Waals surface area contributed by atoms with Crippen molar-refractivity contribution >= 4 is 17.9 Å². The number of phenols is 1. The summed E-state index contributed by atoms with van der Waals surface area (Å²) in [5.74, 6) is 0.597. The van der Waals surface area contributed by atoms with Crippen molar-refractivity contribution < 1.29 is 14.6 Å². The fraction of sp³-hybridized carbons (Fsp3) is 0.211. The maximum Gasteiger partial charge on any atom is 0.185 e. The summed E-state index contributed by atoms with van der Waals surface area (Å²) in [6.07, 6.45) is 7.28. The summed E-state index contributed by atoms with van der Waals surface area (Å²) in [7, 11) is 3.47. The minimum absolute atomic E-state index is 0.0942. The molecule has 0 unspecified atom stereocenters. The maximum atomic E-state index is 12.5. The average Bonchev–Trinajstić information content (AvgIpc) is 3.10. The first kappa shape index (κ1) is 15.2. The van der Waals surface area contributed by atoms with E-state index in [9.17, 15) is 9.90 Å². The lowest BCUT2D eigenvalue weighted by molar-refractivity contribution is -0.111. The number of ether oxygens (including phenoxy) is 1. The van der Waals surface area contributed by atoms with Crippen molar-refractivity contribution in [2.75, 3.05) is 7.11 Å². The Hall–Kier alpha value is -2.75. The van der Waals surface area contributed by atoms with Crippen LogP contribution in [0, 0.1) is 0 Å². The normalized spacial score (nSPS) is 18.1. The highest BCUT2D eigenvalue weighted by Gasteiger charge is 2.23. The van der Waals surface area contributed by atoms with E-state index in [0.717, 1.165) is 35.2 Å². The second-order valence-electron chi connectivity index (χ2n) is 5.64. The van der Waals surface area contributed by atoms with E-state index in [-0.39, 0.29) is 11.5 Å². The molecule has 0 bridgehead atoms. The summed E-state index contributed by atoms with van der Waals surface area (Å²) in [6.45, 7) is 0. The smallest absolute Gasteiger partial charge is 0.185 e. The molecule has 0 saturated heterocycles. The third-order valence-electron chi connectivity index (χ3n) is 4.10. The van der Waals surface area contributed by atoms with Crippen molar-refractivity contribution in [3.63, 3.8) is 0 Å². The third-order valence-corrected chi connectivity index (χ3v) is 4.10. The predicted molar refractivity (Wildman–Crippen MR) is 90.3 cm³/mol. The molecule has 0 amide bonds. The first-order valence-corrected chi connectivity index (χ1v) is 7.52. The van der Waals surface area contributed by atoms with Crippen molar-refractivity contribution in [1.29, 1.82) is 0 Å². The number of carbonyl (C=O) groups excluding carboxylic acids is 1. The number of aromatic nitrogens is 1. The van der Waals surface area contributed by atoms with Crippen molar-refractivity contribution in [3.8, 4) is 11.5 Å². The van der Waals surface area contributed by atoms with Crippen LogP contribution in [0.25, 0.3) is 12.2 Å². The van der Waals surface area contributed by atoms with Gasteiger partial charge in [-0.2, -0.15) is 0 Å². The maximum absolute atomic E-state index is 12.5. The number of allylic oxidation sites excluding steroid dienone is 2. The molecule has 118 valence electrons. The summed E-state index contributed by atoms with van der Waals surface area (Å²) in [6, 6.07) is 9.04. The molecule has 4 heteroatoms. The van der Waals surface area contributed by atoms with Crippen LogP contribution >= 0.6 is 0 Å². The molecule has 1 fully saturated rings. The van der Waals surface area contributed by atoms with Gasteiger partial charge in [-0.05, 0) is 54.8 Å². The van der Waals surface area contributed by atoms with Crippen LogP contribution in [-0.4, -0.2) is 22.6 Å². The van der Waals surface area contributed by atoms with Crippen molar-refractivity contribution in [2.45, 2.75) is 12.8 Å². The van der Waals surface area contributed by atoms with Crippen LogP contribution in [0.3, 0.4) is 0 Å². The molecule has 0 aliphatic heterocycles. The zero-order valence-corrected chi connectivity index (χ0v) is 13.2. The van der Waals surface area contributed by atoms with Gasteiger partial charge in [0.15, 0.2) is 17.3 Å². The monoisotopic (exact) mass is 309 g/mol. The van der Waals surface area contributed by atoms with E-state index in [2.05, 4.69) is 0 Å². The van der Waals surface area contributed by atoms with Gasteiger partial charge < -0.3 is 14.4 Å². The quantitative estimate of drug-likeness (QED) is 0.882. The lowest BCUT2D eigenvalue weighted by Crippen LogP contribution is -1.97. The van der Waals surface area contributed by atoms with Gasteiger partial charge in [-0.3, -0.25) is 4.79 Å². The Morgan fingerprint density at radius 3 is 2.57 bits per heavy atom. The molecule has 1 heterocycles. The highest BCUT2D eigenvalue weighted by atomic mass is 16.5. The highest BCUT2D eigenvalue weighted by Crippen LogP contribution is 2.32. The van der Waals surface area contributed by atoms with Crippen LogP contribution in [0.15, 0.2) is 47.7 Å². The van der Waals surface area contributed by atoms with E-state index in [1.54, 1.807) is 18.2 Å². The lowest BCUT2D eigenvalue weighted by atomic mass is 10.1. The number of nitrogens with zero attached hydrogens (tertiary/aromatic N) is 1. The Bertz CT molecular complexity index is 812. The van der Waals surface area contributed by atoms with E-state index < -0.39 is 0 Å². The molecule has 3 rings (SSSR count). The Labute approximate surface area is 135 Å². The summed E-state index contributed by atoms with van der Waals surface area (Å²) < 4.78 is 7.10. The van der Waals surface area contributed by atoms with E-state index in [1.807, 2.05) is 42.1 Å². The molecule has 1 saturated carbocycles. The molecule has 1 aromatic heterocycles. The van der Waals surface area contributed by atoms with E-state index >= 15 is 0 Å². The molecule has 0 spiro atoms. The summed E-state index contributed by atoms with van der Waals surface area (Å²) >= 11 is 0. The Balaban J connectivity index is 1.87.